The van der Waals surface area contributed by atoms with Crippen LogP contribution in [0.15, 0.2) is 48.5 Å². The van der Waals surface area contributed by atoms with Crippen LogP contribution in [0, 0.1) is 0 Å². The van der Waals surface area contributed by atoms with Gasteiger partial charge >= 0.3 is 0 Å². The van der Waals surface area contributed by atoms with Gasteiger partial charge in [0, 0.05) is 11.6 Å². The van der Waals surface area contributed by atoms with Crippen molar-refractivity contribution in [2.75, 3.05) is 20.2 Å². The first-order chi connectivity index (χ1) is 10.3. The van der Waals surface area contributed by atoms with Gasteiger partial charge in [-0.25, -0.2) is 0 Å². The van der Waals surface area contributed by atoms with Crippen LogP contribution in [-0.4, -0.2) is 37.4 Å². The van der Waals surface area contributed by atoms with Gasteiger partial charge in [-0.2, -0.15) is 0 Å². The van der Waals surface area contributed by atoms with Gasteiger partial charge < -0.3 is 4.74 Å². The first-order valence-corrected chi connectivity index (χ1v) is 7.25. The molecule has 3 rings (SSSR count). The van der Waals surface area contributed by atoms with Gasteiger partial charge in [0.15, 0.2) is 0 Å². The van der Waals surface area contributed by atoms with Crippen molar-refractivity contribution in [1.29, 1.82) is 0 Å². The minimum absolute atomic E-state index is 0.534. The second-order valence-electron chi connectivity index (χ2n) is 5.51. The standard InChI is InChI=1S/C18H19NO2/c1-19-9-8-17(19)13-21-18-7-3-6-16(11-18)15-5-2-4-14(10-15)12-20/h2-7,10-12,17H,8-9,13H2,1H3/t17-/m0/s1. The van der Waals surface area contributed by atoms with E-state index in [9.17, 15) is 4.79 Å². The third kappa shape index (κ3) is 3.14. The fourth-order valence-corrected chi connectivity index (χ4v) is 2.53. The molecule has 3 heteroatoms. The normalized spacial score (nSPS) is 18.0. The van der Waals surface area contributed by atoms with Gasteiger partial charge in [0.1, 0.15) is 18.6 Å². The van der Waals surface area contributed by atoms with Gasteiger partial charge in [-0.15, -0.1) is 0 Å². The summed E-state index contributed by atoms with van der Waals surface area (Å²) in [5.74, 6) is 0.879. The van der Waals surface area contributed by atoms with Gasteiger partial charge in [0.2, 0.25) is 0 Å². The molecular formula is C18H19NO2. The Hall–Kier alpha value is -2.13. The van der Waals surface area contributed by atoms with E-state index in [1.165, 1.54) is 6.42 Å². The Labute approximate surface area is 125 Å². The first kappa shape index (κ1) is 13.8. The Morgan fingerprint density at radius 1 is 1.19 bits per heavy atom. The van der Waals surface area contributed by atoms with Gasteiger partial charge in [0.05, 0.1) is 0 Å². The molecule has 1 fully saturated rings. The molecule has 1 heterocycles. The van der Waals surface area contributed by atoms with Crippen LogP contribution in [0.2, 0.25) is 0 Å². The number of carbonyl (C=O) groups is 1. The SMILES string of the molecule is CN1CC[C@H]1COc1cccc(-c2cccc(C=O)c2)c1. The van der Waals surface area contributed by atoms with Crippen LogP contribution in [0.3, 0.4) is 0 Å². The third-order valence-corrected chi connectivity index (χ3v) is 4.07. The average Bonchev–Trinajstić information content (AvgIpc) is 2.54. The summed E-state index contributed by atoms with van der Waals surface area (Å²) in [7, 11) is 2.12. The maximum absolute atomic E-state index is 10.9. The maximum atomic E-state index is 10.9. The summed E-state index contributed by atoms with van der Waals surface area (Å²) in [4.78, 5) is 13.2. The van der Waals surface area contributed by atoms with E-state index >= 15 is 0 Å². The smallest absolute Gasteiger partial charge is 0.150 e. The highest BCUT2D eigenvalue weighted by atomic mass is 16.5. The molecule has 1 aliphatic rings. The Morgan fingerprint density at radius 2 is 1.95 bits per heavy atom. The second-order valence-corrected chi connectivity index (χ2v) is 5.51. The van der Waals surface area contributed by atoms with Gasteiger partial charge in [-0.1, -0.05) is 30.3 Å². The molecule has 21 heavy (non-hydrogen) atoms. The maximum Gasteiger partial charge on any atom is 0.150 e. The summed E-state index contributed by atoms with van der Waals surface area (Å²) in [6, 6.07) is 16.2. The molecule has 1 atom stereocenters. The van der Waals surface area contributed by atoms with Crippen molar-refractivity contribution in [3.63, 3.8) is 0 Å². The number of likely N-dealkylation sites (tertiary alicyclic amines) is 1. The monoisotopic (exact) mass is 281 g/mol. The zero-order chi connectivity index (χ0) is 14.7. The van der Waals surface area contributed by atoms with Crippen molar-refractivity contribution in [2.24, 2.45) is 0 Å². The van der Waals surface area contributed by atoms with Crippen LogP contribution in [0.4, 0.5) is 0 Å². The second kappa shape index (κ2) is 6.10. The van der Waals surface area contributed by atoms with Crippen molar-refractivity contribution in [2.45, 2.75) is 12.5 Å². The van der Waals surface area contributed by atoms with E-state index in [0.29, 0.717) is 11.6 Å². The summed E-state index contributed by atoms with van der Waals surface area (Å²) in [6.07, 6.45) is 2.08. The molecule has 0 bridgehead atoms. The molecule has 1 saturated heterocycles. The Morgan fingerprint density at radius 3 is 2.62 bits per heavy atom. The van der Waals surface area contributed by atoms with Crippen molar-refractivity contribution in [3.8, 4) is 16.9 Å². The molecule has 1 aliphatic heterocycles. The lowest BCUT2D eigenvalue weighted by Gasteiger charge is -2.37. The molecular weight excluding hydrogens is 262 g/mol. The predicted octanol–water partition coefficient (Wildman–Crippen LogP) is 3.25. The molecule has 0 unspecified atom stereocenters. The molecule has 0 aromatic heterocycles. The number of likely N-dealkylation sites (N-methyl/N-ethyl adjacent to an activating group) is 1. The average molecular weight is 281 g/mol. The van der Waals surface area contributed by atoms with Gasteiger partial charge in [-0.05, 0) is 49.3 Å². The summed E-state index contributed by atoms with van der Waals surface area (Å²) >= 11 is 0. The molecule has 0 aliphatic carbocycles. The van der Waals surface area contributed by atoms with Crippen LogP contribution < -0.4 is 4.74 Å². The molecule has 3 nitrogen and oxygen atoms in total. The number of rotatable bonds is 5. The number of benzene rings is 2. The highest BCUT2D eigenvalue weighted by molar-refractivity contribution is 5.79. The van der Waals surface area contributed by atoms with Crippen LogP contribution in [0.1, 0.15) is 16.8 Å². The molecule has 0 radical (unpaired) electrons. The predicted molar refractivity (Wildman–Crippen MR) is 83.8 cm³/mol. The molecule has 0 N–H and O–H groups in total. The van der Waals surface area contributed by atoms with Gasteiger partial charge in [0.25, 0.3) is 0 Å². The highest BCUT2D eigenvalue weighted by Crippen LogP contribution is 2.25. The molecule has 108 valence electrons. The topological polar surface area (TPSA) is 29.5 Å². The minimum atomic E-state index is 0.534. The summed E-state index contributed by atoms with van der Waals surface area (Å²) in [5.41, 5.74) is 2.79. The van der Waals surface area contributed by atoms with Crippen LogP contribution in [0.25, 0.3) is 11.1 Å². The summed E-state index contributed by atoms with van der Waals surface area (Å²) in [6.45, 7) is 1.89. The molecule has 0 spiro atoms. The van der Waals surface area contributed by atoms with Gasteiger partial charge in [-0.3, -0.25) is 9.69 Å². The molecule has 2 aromatic carbocycles. The fraction of sp³-hybridized carbons (Fsp3) is 0.278. The Kier molecular flexibility index (Phi) is 4.02. The lowest BCUT2D eigenvalue weighted by molar-refractivity contribution is 0.0769. The van der Waals surface area contributed by atoms with E-state index in [4.69, 9.17) is 4.74 Å². The number of hydrogen-bond acceptors (Lipinski definition) is 3. The molecule has 0 saturated carbocycles. The summed E-state index contributed by atoms with van der Waals surface area (Å²) < 4.78 is 5.89. The largest absolute Gasteiger partial charge is 0.492 e. The number of aldehydes is 1. The minimum Gasteiger partial charge on any atom is -0.492 e. The van der Waals surface area contributed by atoms with Crippen molar-refractivity contribution in [1.82, 2.24) is 4.90 Å². The third-order valence-electron chi connectivity index (χ3n) is 4.07. The molecule has 0 amide bonds. The zero-order valence-electron chi connectivity index (χ0n) is 12.2. The quantitative estimate of drug-likeness (QED) is 0.788. The lowest BCUT2D eigenvalue weighted by Crippen LogP contribution is -2.48. The number of carbonyl (C=O) groups excluding carboxylic acids is 1. The highest BCUT2D eigenvalue weighted by Gasteiger charge is 2.24. The lowest BCUT2D eigenvalue weighted by atomic mass is 10.0. The van der Waals surface area contributed by atoms with E-state index in [2.05, 4.69) is 11.9 Å². The number of ether oxygens (including phenoxy) is 1. The van der Waals surface area contributed by atoms with Crippen LogP contribution in [-0.2, 0) is 0 Å². The van der Waals surface area contributed by atoms with Crippen molar-refractivity contribution >= 4 is 6.29 Å². The summed E-state index contributed by atoms with van der Waals surface area (Å²) in [5, 5.41) is 0. The van der Waals surface area contributed by atoms with E-state index in [1.54, 1.807) is 0 Å². The fourth-order valence-electron chi connectivity index (χ4n) is 2.53. The van der Waals surface area contributed by atoms with E-state index in [1.807, 2.05) is 48.5 Å². The Balaban J connectivity index is 1.74. The van der Waals surface area contributed by atoms with E-state index in [0.717, 1.165) is 36.3 Å². The van der Waals surface area contributed by atoms with Crippen LogP contribution in [0.5, 0.6) is 5.75 Å². The van der Waals surface area contributed by atoms with Crippen molar-refractivity contribution < 1.29 is 9.53 Å². The Bertz CT molecular complexity index is 639. The molecule has 2 aromatic rings. The first-order valence-electron chi connectivity index (χ1n) is 7.25. The van der Waals surface area contributed by atoms with Crippen LogP contribution >= 0.6 is 0 Å². The number of hydrogen-bond donors (Lipinski definition) is 0. The van der Waals surface area contributed by atoms with E-state index in [-0.39, 0.29) is 0 Å². The zero-order valence-corrected chi connectivity index (χ0v) is 12.2. The number of nitrogens with zero attached hydrogens (tertiary/aromatic N) is 1. The van der Waals surface area contributed by atoms with E-state index < -0.39 is 0 Å². The van der Waals surface area contributed by atoms with Crippen molar-refractivity contribution in [3.05, 3.63) is 54.1 Å².